The summed E-state index contributed by atoms with van der Waals surface area (Å²) in [6.45, 7) is 2.00. The van der Waals surface area contributed by atoms with Gasteiger partial charge in [-0.2, -0.15) is 0 Å². The molecule has 1 saturated carbocycles. The Labute approximate surface area is 174 Å². The van der Waals surface area contributed by atoms with E-state index in [9.17, 15) is 9.59 Å². The smallest absolute Gasteiger partial charge is 0.258 e. The lowest BCUT2D eigenvalue weighted by molar-refractivity contribution is -0.129. The lowest BCUT2D eigenvalue weighted by Gasteiger charge is -2.31. The molecule has 0 spiro atoms. The van der Waals surface area contributed by atoms with Crippen LogP contribution in [-0.2, 0) is 11.2 Å². The van der Waals surface area contributed by atoms with Gasteiger partial charge in [0.25, 0.3) is 5.91 Å². The van der Waals surface area contributed by atoms with Crippen molar-refractivity contribution in [1.82, 2.24) is 15.1 Å². The number of anilines is 1. The van der Waals surface area contributed by atoms with Crippen molar-refractivity contribution in [1.29, 1.82) is 0 Å². The van der Waals surface area contributed by atoms with Gasteiger partial charge in [0.1, 0.15) is 5.01 Å². The molecule has 28 heavy (non-hydrogen) atoms. The van der Waals surface area contributed by atoms with Gasteiger partial charge < -0.3 is 4.90 Å². The summed E-state index contributed by atoms with van der Waals surface area (Å²) in [5.74, 6) is 0.217. The Hall–Kier alpha value is -1.93. The molecular formula is C20H26N4O2S2. The molecule has 0 atom stereocenters. The molecule has 1 heterocycles. The first-order valence-electron chi connectivity index (χ1n) is 9.69. The third-order valence-electron chi connectivity index (χ3n) is 4.99. The SMILES string of the molecule is CCc1nnc(NC(=O)c2ccccc2SCC(=O)N(C)C2CCCCC2)s1. The molecule has 150 valence electrons. The van der Waals surface area contributed by atoms with Crippen molar-refractivity contribution in [2.45, 2.75) is 56.4 Å². The highest BCUT2D eigenvalue weighted by molar-refractivity contribution is 8.00. The van der Waals surface area contributed by atoms with Crippen molar-refractivity contribution < 1.29 is 9.59 Å². The molecule has 0 saturated heterocycles. The molecule has 1 aliphatic carbocycles. The van der Waals surface area contributed by atoms with E-state index in [2.05, 4.69) is 15.5 Å². The van der Waals surface area contributed by atoms with Gasteiger partial charge in [-0.25, -0.2) is 0 Å². The van der Waals surface area contributed by atoms with Gasteiger partial charge in [-0.05, 0) is 31.4 Å². The summed E-state index contributed by atoms with van der Waals surface area (Å²) < 4.78 is 0. The Bertz CT molecular complexity index is 818. The van der Waals surface area contributed by atoms with E-state index in [0.717, 1.165) is 29.2 Å². The van der Waals surface area contributed by atoms with Crippen LogP contribution in [0.4, 0.5) is 5.13 Å². The normalized spacial score (nSPS) is 14.6. The molecule has 8 heteroatoms. The van der Waals surface area contributed by atoms with E-state index in [0.29, 0.717) is 22.5 Å². The maximum atomic E-state index is 12.7. The Balaban J connectivity index is 1.61. The fourth-order valence-electron chi connectivity index (χ4n) is 3.30. The van der Waals surface area contributed by atoms with Crippen LogP contribution < -0.4 is 5.32 Å². The molecule has 1 aliphatic rings. The fourth-order valence-corrected chi connectivity index (χ4v) is 4.95. The molecule has 0 radical (unpaired) electrons. The highest BCUT2D eigenvalue weighted by Crippen LogP contribution is 2.26. The molecular weight excluding hydrogens is 392 g/mol. The van der Waals surface area contributed by atoms with E-state index in [-0.39, 0.29) is 11.8 Å². The average Bonchev–Trinajstić information content (AvgIpc) is 3.19. The number of rotatable bonds is 7. The van der Waals surface area contributed by atoms with Crippen LogP contribution in [0.25, 0.3) is 0 Å². The molecule has 1 aromatic heterocycles. The van der Waals surface area contributed by atoms with Gasteiger partial charge in [-0.1, -0.05) is 49.7 Å². The number of carbonyl (C=O) groups excluding carboxylic acids is 2. The van der Waals surface area contributed by atoms with Crippen molar-refractivity contribution >= 4 is 40.0 Å². The molecule has 1 fully saturated rings. The Morgan fingerprint density at radius 1 is 1.21 bits per heavy atom. The number of thioether (sulfide) groups is 1. The fraction of sp³-hybridized carbons (Fsp3) is 0.500. The Morgan fingerprint density at radius 3 is 2.68 bits per heavy atom. The third kappa shape index (κ3) is 5.32. The van der Waals surface area contributed by atoms with E-state index in [1.807, 2.05) is 37.1 Å². The van der Waals surface area contributed by atoms with Crippen LogP contribution >= 0.6 is 23.1 Å². The molecule has 3 rings (SSSR count). The van der Waals surface area contributed by atoms with Gasteiger partial charge in [0.2, 0.25) is 11.0 Å². The van der Waals surface area contributed by atoms with Gasteiger partial charge in [-0.3, -0.25) is 14.9 Å². The molecule has 0 bridgehead atoms. The number of aromatic nitrogens is 2. The van der Waals surface area contributed by atoms with Crippen LogP contribution in [0.15, 0.2) is 29.2 Å². The topological polar surface area (TPSA) is 75.2 Å². The number of aryl methyl sites for hydroxylation is 1. The number of nitrogens with zero attached hydrogens (tertiary/aromatic N) is 3. The zero-order valence-electron chi connectivity index (χ0n) is 16.3. The third-order valence-corrected chi connectivity index (χ3v) is 7.03. The van der Waals surface area contributed by atoms with Crippen LogP contribution in [0, 0.1) is 0 Å². The van der Waals surface area contributed by atoms with Crippen molar-refractivity contribution in [2.75, 3.05) is 18.1 Å². The van der Waals surface area contributed by atoms with Gasteiger partial charge in [0.15, 0.2) is 0 Å². The second-order valence-corrected chi connectivity index (χ2v) is 8.97. The number of benzene rings is 1. The summed E-state index contributed by atoms with van der Waals surface area (Å²) in [6, 6.07) is 7.71. The van der Waals surface area contributed by atoms with Gasteiger partial charge in [0, 0.05) is 18.0 Å². The number of carbonyl (C=O) groups is 2. The van der Waals surface area contributed by atoms with E-state index >= 15 is 0 Å². The molecule has 2 aromatic rings. The molecule has 6 nitrogen and oxygen atoms in total. The lowest BCUT2D eigenvalue weighted by atomic mass is 9.94. The highest BCUT2D eigenvalue weighted by Gasteiger charge is 2.22. The standard InChI is InChI=1S/C20H26N4O2S2/c1-3-17-22-23-20(28-17)21-19(26)15-11-7-8-12-16(15)27-13-18(25)24(2)14-9-5-4-6-10-14/h7-8,11-12,14H,3-6,9-10,13H2,1-2H3,(H,21,23,26). The zero-order chi connectivity index (χ0) is 19.9. The van der Waals surface area contributed by atoms with Crippen molar-refractivity contribution in [3.63, 3.8) is 0 Å². The summed E-state index contributed by atoms with van der Waals surface area (Å²) in [6.07, 6.45) is 6.63. The Kier molecular flexibility index (Phi) is 7.44. The zero-order valence-corrected chi connectivity index (χ0v) is 17.9. The van der Waals surface area contributed by atoms with Crippen LogP contribution in [0.1, 0.15) is 54.4 Å². The minimum Gasteiger partial charge on any atom is -0.342 e. The quantitative estimate of drug-likeness (QED) is 0.681. The highest BCUT2D eigenvalue weighted by atomic mass is 32.2. The van der Waals surface area contributed by atoms with E-state index in [1.165, 1.54) is 42.4 Å². The van der Waals surface area contributed by atoms with E-state index in [1.54, 1.807) is 6.07 Å². The van der Waals surface area contributed by atoms with E-state index < -0.39 is 0 Å². The van der Waals surface area contributed by atoms with Gasteiger partial charge in [-0.15, -0.1) is 22.0 Å². The number of hydrogen-bond donors (Lipinski definition) is 1. The minimum absolute atomic E-state index is 0.115. The van der Waals surface area contributed by atoms with Crippen LogP contribution in [0.5, 0.6) is 0 Å². The maximum absolute atomic E-state index is 12.7. The van der Waals surface area contributed by atoms with Crippen molar-refractivity contribution in [3.05, 3.63) is 34.8 Å². The van der Waals surface area contributed by atoms with Crippen molar-refractivity contribution in [2.24, 2.45) is 0 Å². The molecule has 0 aliphatic heterocycles. The summed E-state index contributed by atoms with van der Waals surface area (Å²) in [5, 5.41) is 12.2. The van der Waals surface area contributed by atoms with Crippen LogP contribution in [-0.4, -0.2) is 45.8 Å². The largest absolute Gasteiger partial charge is 0.342 e. The maximum Gasteiger partial charge on any atom is 0.258 e. The van der Waals surface area contributed by atoms with Gasteiger partial charge in [0.05, 0.1) is 11.3 Å². The predicted octanol–water partition coefficient (Wildman–Crippen LogP) is 4.24. The summed E-state index contributed by atoms with van der Waals surface area (Å²) in [5.41, 5.74) is 0.550. The molecule has 0 unspecified atom stereocenters. The number of amides is 2. The number of nitrogens with one attached hydrogen (secondary N) is 1. The Morgan fingerprint density at radius 2 is 1.96 bits per heavy atom. The second kappa shape index (κ2) is 10.0. The molecule has 1 aromatic carbocycles. The summed E-state index contributed by atoms with van der Waals surface area (Å²) in [4.78, 5) is 28.0. The number of hydrogen-bond acceptors (Lipinski definition) is 6. The minimum atomic E-state index is -0.227. The monoisotopic (exact) mass is 418 g/mol. The lowest BCUT2D eigenvalue weighted by Crippen LogP contribution is -2.39. The van der Waals surface area contributed by atoms with Crippen molar-refractivity contribution in [3.8, 4) is 0 Å². The van der Waals surface area contributed by atoms with Crippen LogP contribution in [0.3, 0.4) is 0 Å². The second-order valence-electron chi connectivity index (χ2n) is 6.89. The summed E-state index contributed by atoms with van der Waals surface area (Å²) in [7, 11) is 1.90. The average molecular weight is 419 g/mol. The summed E-state index contributed by atoms with van der Waals surface area (Å²) >= 11 is 2.79. The van der Waals surface area contributed by atoms with Gasteiger partial charge >= 0.3 is 0 Å². The van der Waals surface area contributed by atoms with Crippen LogP contribution in [0.2, 0.25) is 0 Å². The molecule has 2 amide bonds. The molecule has 1 N–H and O–H groups in total. The predicted molar refractivity (Wildman–Crippen MR) is 114 cm³/mol. The first-order chi connectivity index (χ1) is 13.6. The first kappa shape index (κ1) is 20.8. The first-order valence-corrected chi connectivity index (χ1v) is 11.5. The van der Waals surface area contributed by atoms with E-state index in [4.69, 9.17) is 0 Å².